The van der Waals surface area contributed by atoms with Gasteiger partial charge in [0.2, 0.25) is 5.91 Å². The molecule has 2 rings (SSSR count). The number of benzene rings is 1. The Hall–Kier alpha value is -1.83. The fourth-order valence-electron chi connectivity index (χ4n) is 3.07. The van der Waals surface area contributed by atoms with Crippen molar-refractivity contribution in [2.24, 2.45) is 0 Å². The number of ether oxygens (including phenoxy) is 1. The lowest BCUT2D eigenvalue weighted by Crippen LogP contribution is -2.55. The molecule has 7 nitrogen and oxygen atoms in total. The van der Waals surface area contributed by atoms with Crippen LogP contribution >= 0.6 is 23.2 Å². The number of carbonyl (C=O) groups is 3. The minimum absolute atomic E-state index is 0.0546. The molecule has 0 saturated carbocycles. The fraction of sp³-hybridized carbons (Fsp3) is 0.550. The molecule has 0 aromatic heterocycles. The number of rotatable bonds is 5. The van der Waals surface area contributed by atoms with Crippen LogP contribution in [0.2, 0.25) is 10.0 Å². The van der Waals surface area contributed by atoms with E-state index in [4.69, 9.17) is 27.9 Å². The number of nitrogens with one attached hydrogen (secondary N) is 1. The Labute approximate surface area is 181 Å². The molecule has 0 bridgehead atoms. The van der Waals surface area contributed by atoms with Crippen LogP contribution in [-0.4, -0.2) is 72.5 Å². The van der Waals surface area contributed by atoms with E-state index in [-0.39, 0.29) is 23.8 Å². The van der Waals surface area contributed by atoms with E-state index < -0.39 is 17.6 Å². The van der Waals surface area contributed by atoms with E-state index in [0.717, 1.165) is 0 Å². The summed E-state index contributed by atoms with van der Waals surface area (Å²) in [6, 6.07) is 4.24. The molecular weight excluding hydrogens is 417 g/mol. The second-order valence-corrected chi connectivity index (χ2v) is 8.66. The average Bonchev–Trinajstić information content (AvgIpc) is 2.64. The highest BCUT2D eigenvalue weighted by atomic mass is 35.5. The number of esters is 1. The van der Waals surface area contributed by atoms with Gasteiger partial charge in [-0.05, 0) is 40.0 Å². The molecule has 1 unspecified atom stereocenters. The quantitative estimate of drug-likeness (QED) is 0.707. The van der Waals surface area contributed by atoms with Crippen molar-refractivity contribution in [2.75, 3.05) is 33.2 Å². The van der Waals surface area contributed by atoms with E-state index in [2.05, 4.69) is 5.32 Å². The Morgan fingerprint density at radius 3 is 2.07 bits per heavy atom. The van der Waals surface area contributed by atoms with Crippen LogP contribution in [0, 0.1) is 0 Å². The molecule has 1 saturated heterocycles. The highest BCUT2D eigenvalue weighted by molar-refractivity contribution is 6.39. The number of nitrogens with zero attached hydrogens (tertiary/aromatic N) is 2. The second kappa shape index (κ2) is 9.78. The average molecular weight is 444 g/mol. The zero-order valence-electron chi connectivity index (χ0n) is 17.1. The molecule has 1 atom stereocenters. The van der Waals surface area contributed by atoms with Crippen molar-refractivity contribution in [1.29, 1.82) is 0 Å². The van der Waals surface area contributed by atoms with Crippen molar-refractivity contribution >= 4 is 41.0 Å². The molecule has 1 N–H and O–H groups in total. The van der Waals surface area contributed by atoms with Gasteiger partial charge in [0.05, 0.1) is 28.1 Å². The van der Waals surface area contributed by atoms with Crippen molar-refractivity contribution in [1.82, 2.24) is 15.1 Å². The van der Waals surface area contributed by atoms with Gasteiger partial charge in [-0.1, -0.05) is 29.3 Å². The number of amides is 2. The molecule has 0 spiro atoms. The van der Waals surface area contributed by atoms with Crippen molar-refractivity contribution in [3.05, 3.63) is 33.8 Å². The van der Waals surface area contributed by atoms with Crippen molar-refractivity contribution < 1.29 is 19.1 Å². The van der Waals surface area contributed by atoms with E-state index in [0.29, 0.717) is 36.2 Å². The molecule has 29 heavy (non-hydrogen) atoms. The maximum absolute atomic E-state index is 12.8. The third-order valence-corrected chi connectivity index (χ3v) is 5.12. The molecule has 1 aliphatic rings. The predicted octanol–water partition coefficient (Wildman–Crippen LogP) is 2.60. The Kier molecular flexibility index (Phi) is 7.91. The predicted molar refractivity (Wildman–Crippen MR) is 112 cm³/mol. The van der Waals surface area contributed by atoms with E-state index in [9.17, 15) is 14.4 Å². The van der Waals surface area contributed by atoms with Gasteiger partial charge < -0.3 is 19.9 Å². The Morgan fingerprint density at radius 1 is 1.07 bits per heavy atom. The number of carbonyl (C=O) groups excluding carboxylic acids is 3. The van der Waals surface area contributed by atoms with Gasteiger partial charge in [0.25, 0.3) is 5.91 Å². The van der Waals surface area contributed by atoms with Gasteiger partial charge in [-0.3, -0.25) is 14.4 Å². The van der Waals surface area contributed by atoms with Crippen LogP contribution in [0.5, 0.6) is 0 Å². The molecule has 0 aliphatic carbocycles. The van der Waals surface area contributed by atoms with Crippen LogP contribution in [0.15, 0.2) is 18.2 Å². The van der Waals surface area contributed by atoms with E-state index in [1.165, 1.54) is 0 Å². The SMILES string of the molecule is CNC(CC(=O)OC(C)(C)C)C(=O)N1CCN(C(=O)c2c(Cl)cccc2Cl)CC1. The third-order valence-electron chi connectivity index (χ3n) is 4.49. The second-order valence-electron chi connectivity index (χ2n) is 7.85. The van der Waals surface area contributed by atoms with Gasteiger partial charge in [-0.25, -0.2) is 0 Å². The summed E-state index contributed by atoms with van der Waals surface area (Å²) in [6.07, 6.45) is -0.0546. The fourth-order valence-corrected chi connectivity index (χ4v) is 3.63. The van der Waals surface area contributed by atoms with Crippen LogP contribution in [-0.2, 0) is 14.3 Å². The zero-order chi connectivity index (χ0) is 21.8. The number of hydrogen-bond acceptors (Lipinski definition) is 5. The molecule has 1 aromatic carbocycles. The van der Waals surface area contributed by atoms with Crippen LogP contribution in [0.1, 0.15) is 37.6 Å². The molecule has 1 aliphatic heterocycles. The van der Waals surface area contributed by atoms with E-state index in [1.807, 2.05) is 0 Å². The number of halogens is 2. The lowest BCUT2D eigenvalue weighted by atomic mass is 10.1. The van der Waals surface area contributed by atoms with Crippen LogP contribution < -0.4 is 5.32 Å². The summed E-state index contributed by atoms with van der Waals surface area (Å²) in [7, 11) is 1.63. The summed E-state index contributed by atoms with van der Waals surface area (Å²) in [6.45, 7) is 6.77. The normalized spacial score (nSPS) is 15.8. The first-order chi connectivity index (χ1) is 13.5. The summed E-state index contributed by atoms with van der Waals surface area (Å²) >= 11 is 12.3. The maximum atomic E-state index is 12.8. The Morgan fingerprint density at radius 2 is 1.59 bits per heavy atom. The number of likely N-dealkylation sites (N-methyl/N-ethyl adjacent to an activating group) is 1. The summed E-state index contributed by atoms with van der Waals surface area (Å²) < 4.78 is 5.30. The monoisotopic (exact) mass is 443 g/mol. The minimum atomic E-state index is -0.676. The summed E-state index contributed by atoms with van der Waals surface area (Å²) in [4.78, 5) is 40.9. The first kappa shape index (κ1) is 23.4. The number of hydrogen-bond donors (Lipinski definition) is 1. The zero-order valence-corrected chi connectivity index (χ0v) is 18.6. The topological polar surface area (TPSA) is 79.0 Å². The molecule has 1 aromatic rings. The molecule has 1 fully saturated rings. The van der Waals surface area contributed by atoms with Crippen LogP contribution in [0.4, 0.5) is 0 Å². The van der Waals surface area contributed by atoms with E-state index in [1.54, 1.807) is 55.8 Å². The van der Waals surface area contributed by atoms with Gasteiger partial charge in [-0.2, -0.15) is 0 Å². The molecule has 1 heterocycles. The van der Waals surface area contributed by atoms with Gasteiger partial charge in [-0.15, -0.1) is 0 Å². The van der Waals surface area contributed by atoms with E-state index >= 15 is 0 Å². The lowest BCUT2D eigenvalue weighted by molar-refractivity contribution is -0.157. The maximum Gasteiger partial charge on any atom is 0.308 e. The smallest absolute Gasteiger partial charge is 0.308 e. The van der Waals surface area contributed by atoms with Gasteiger partial charge >= 0.3 is 5.97 Å². The highest BCUT2D eigenvalue weighted by Gasteiger charge is 2.31. The van der Waals surface area contributed by atoms with Crippen molar-refractivity contribution in [3.63, 3.8) is 0 Å². The van der Waals surface area contributed by atoms with Crippen LogP contribution in [0.25, 0.3) is 0 Å². The highest BCUT2D eigenvalue weighted by Crippen LogP contribution is 2.26. The molecule has 160 valence electrons. The minimum Gasteiger partial charge on any atom is -0.460 e. The van der Waals surface area contributed by atoms with Crippen LogP contribution in [0.3, 0.4) is 0 Å². The van der Waals surface area contributed by atoms with Gasteiger partial charge in [0, 0.05) is 26.2 Å². The molecule has 9 heteroatoms. The number of piperazine rings is 1. The standard InChI is InChI=1S/C20H27Cl2N3O4/c1-20(2,3)29-16(26)12-15(23-4)18(27)24-8-10-25(11-9-24)19(28)17-13(21)6-5-7-14(17)22/h5-7,15,23H,8-12H2,1-4H3. The lowest BCUT2D eigenvalue weighted by Gasteiger charge is -2.36. The van der Waals surface area contributed by atoms with Gasteiger partial charge in [0.1, 0.15) is 5.60 Å². The first-order valence-electron chi connectivity index (χ1n) is 9.44. The molecule has 0 radical (unpaired) electrons. The molecular formula is C20H27Cl2N3O4. The summed E-state index contributed by atoms with van der Waals surface area (Å²) in [5.74, 6) is -0.889. The third kappa shape index (κ3) is 6.32. The largest absolute Gasteiger partial charge is 0.460 e. The van der Waals surface area contributed by atoms with Crippen molar-refractivity contribution in [2.45, 2.75) is 38.8 Å². The first-order valence-corrected chi connectivity index (χ1v) is 10.2. The van der Waals surface area contributed by atoms with Gasteiger partial charge in [0.15, 0.2) is 0 Å². The summed E-state index contributed by atoms with van der Waals surface area (Å²) in [5, 5.41) is 3.48. The molecule has 2 amide bonds. The Balaban J connectivity index is 1.96. The Bertz CT molecular complexity index is 751. The summed E-state index contributed by atoms with van der Waals surface area (Å²) in [5.41, 5.74) is -0.335. The van der Waals surface area contributed by atoms with Crippen molar-refractivity contribution in [3.8, 4) is 0 Å².